The Balaban J connectivity index is 1.57. The molecular formula is C23H23N5OS. The molecule has 0 aliphatic carbocycles. The van der Waals surface area contributed by atoms with E-state index in [-0.39, 0.29) is 11.7 Å². The molecule has 0 radical (unpaired) electrons. The van der Waals surface area contributed by atoms with Crippen molar-refractivity contribution in [1.29, 1.82) is 0 Å². The SMILES string of the molecule is CCc1ccccc1NC(=O)CSc1nnc(-c2cccc(C)c2)n1-n1cccc1. The number of hydrogen-bond acceptors (Lipinski definition) is 4. The van der Waals surface area contributed by atoms with E-state index in [1.54, 1.807) is 0 Å². The molecular weight excluding hydrogens is 394 g/mol. The number of nitrogens with one attached hydrogen (secondary N) is 1. The predicted octanol–water partition coefficient (Wildman–Crippen LogP) is 4.66. The van der Waals surface area contributed by atoms with E-state index >= 15 is 0 Å². The van der Waals surface area contributed by atoms with Crippen LogP contribution in [0, 0.1) is 6.92 Å². The monoisotopic (exact) mass is 417 g/mol. The summed E-state index contributed by atoms with van der Waals surface area (Å²) in [4.78, 5) is 12.6. The van der Waals surface area contributed by atoms with Crippen LogP contribution in [-0.4, -0.2) is 31.2 Å². The van der Waals surface area contributed by atoms with E-state index in [9.17, 15) is 4.79 Å². The number of para-hydroxylation sites is 1. The van der Waals surface area contributed by atoms with Crippen LogP contribution in [0.3, 0.4) is 0 Å². The largest absolute Gasteiger partial charge is 0.325 e. The van der Waals surface area contributed by atoms with Gasteiger partial charge in [-0.2, -0.15) is 0 Å². The Bertz CT molecular complexity index is 1150. The van der Waals surface area contributed by atoms with E-state index in [0.29, 0.717) is 5.16 Å². The molecule has 4 aromatic rings. The summed E-state index contributed by atoms with van der Waals surface area (Å²) in [5.41, 5.74) is 4.10. The zero-order valence-electron chi connectivity index (χ0n) is 16.9. The molecule has 2 aromatic heterocycles. The normalized spacial score (nSPS) is 10.9. The van der Waals surface area contributed by atoms with Crippen LogP contribution in [0.15, 0.2) is 78.2 Å². The van der Waals surface area contributed by atoms with Crippen molar-refractivity contribution in [3.63, 3.8) is 0 Å². The molecule has 1 N–H and O–H groups in total. The number of hydrogen-bond donors (Lipinski definition) is 1. The van der Waals surface area contributed by atoms with Crippen LogP contribution in [0.4, 0.5) is 5.69 Å². The zero-order chi connectivity index (χ0) is 20.9. The summed E-state index contributed by atoms with van der Waals surface area (Å²) >= 11 is 1.36. The van der Waals surface area contributed by atoms with Crippen LogP contribution in [0.2, 0.25) is 0 Å². The van der Waals surface area contributed by atoms with Crippen LogP contribution in [0.25, 0.3) is 11.4 Å². The van der Waals surface area contributed by atoms with Gasteiger partial charge in [0.05, 0.1) is 5.75 Å². The minimum Gasteiger partial charge on any atom is -0.325 e. The van der Waals surface area contributed by atoms with Gasteiger partial charge >= 0.3 is 0 Å². The molecule has 0 atom stereocenters. The lowest BCUT2D eigenvalue weighted by molar-refractivity contribution is -0.113. The maximum Gasteiger partial charge on any atom is 0.234 e. The highest BCUT2D eigenvalue weighted by Crippen LogP contribution is 2.25. The van der Waals surface area contributed by atoms with Crippen LogP contribution in [-0.2, 0) is 11.2 Å². The van der Waals surface area contributed by atoms with Crippen molar-refractivity contribution < 1.29 is 4.79 Å². The standard InChI is InChI=1S/C23H23N5OS/c1-3-18-10-4-5-12-20(18)24-21(29)16-30-23-26-25-22(19-11-8-9-17(2)15-19)28(23)27-13-6-7-14-27/h4-15H,3,16H2,1-2H3,(H,24,29). The predicted molar refractivity (Wildman–Crippen MR) is 121 cm³/mol. The maximum atomic E-state index is 12.6. The first kappa shape index (κ1) is 20.0. The minimum atomic E-state index is -0.0694. The molecule has 6 nitrogen and oxygen atoms in total. The Morgan fingerprint density at radius 3 is 2.60 bits per heavy atom. The highest BCUT2D eigenvalue weighted by Gasteiger charge is 2.17. The maximum absolute atomic E-state index is 12.6. The van der Waals surface area contributed by atoms with E-state index in [2.05, 4.69) is 28.5 Å². The molecule has 0 spiro atoms. The van der Waals surface area contributed by atoms with E-state index in [1.165, 1.54) is 11.8 Å². The van der Waals surface area contributed by atoms with Crippen molar-refractivity contribution in [2.45, 2.75) is 25.4 Å². The lowest BCUT2D eigenvalue weighted by Gasteiger charge is -2.12. The molecule has 0 saturated heterocycles. The summed E-state index contributed by atoms with van der Waals surface area (Å²) in [6.07, 6.45) is 4.74. The number of amides is 1. The smallest absolute Gasteiger partial charge is 0.234 e. The van der Waals surface area contributed by atoms with Gasteiger partial charge in [0, 0.05) is 23.6 Å². The Labute approximate surface area is 179 Å². The molecule has 0 unspecified atom stereocenters. The first-order valence-electron chi connectivity index (χ1n) is 9.82. The summed E-state index contributed by atoms with van der Waals surface area (Å²) in [6, 6.07) is 19.9. The number of benzene rings is 2. The molecule has 0 fully saturated rings. The van der Waals surface area contributed by atoms with Gasteiger partial charge in [0.2, 0.25) is 11.1 Å². The van der Waals surface area contributed by atoms with Gasteiger partial charge in [-0.25, -0.2) is 4.68 Å². The second-order valence-corrected chi connectivity index (χ2v) is 7.84. The second kappa shape index (κ2) is 9.00. The number of carbonyl (C=O) groups is 1. The highest BCUT2D eigenvalue weighted by molar-refractivity contribution is 7.99. The Morgan fingerprint density at radius 2 is 1.83 bits per heavy atom. The van der Waals surface area contributed by atoms with E-state index < -0.39 is 0 Å². The number of thioether (sulfide) groups is 1. The average Bonchev–Trinajstić information content (AvgIpc) is 3.42. The van der Waals surface area contributed by atoms with Crippen molar-refractivity contribution in [1.82, 2.24) is 19.5 Å². The van der Waals surface area contributed by atoms with E-state index in [1.807, 2.05) is 83.3 Å². The molecule has 152 valence electrons. The molecule has 2 aromatic carbocycles. The van der Waals surface area contributed by atoms with E-state index in [0.717, 1.165) is 34.6 Å². The average molecular weight is 418 g/mol. The minimum absolute atomic E-state index is 0.0694. The Hall–Kier alpha value is -3.32. The van der Waals surface area contributed by atoms with Crippen LogP contribution in [0.1, 0.15) is 18.1 Å². The van der Waals surface area contributed by atoms with Gasteiger partial charge in [-0.3, -0.25) is 9.47 Å². The van der Waals surface area contributed by atoms with Crippen LogP contribution >= 0.6 is 11.8 Å². The third kappa shape index (κ3) is 4.31. The molecule has 0 aliphatic heterocycles. The van der Waals surface area contributed by atoms with Gasteiger partial charge in [0.15, 0.2) is 5.82 Å². The van der Waals surface area contributed by atoms with Crippen molar-refractivity contribution in [2.24, 2.45) is 0 Å². The van der Waals surface area contributed by atoms with Crippen molar-refractivity contribution in [2.75, 3.05) is 11.1 Å². The summed E-state index contributed by atoms with van der Waals surface area (Å²) in [5, 5.41) is 12.4. The summed E-state index contributed by atoms with van der Waals surface area (Å²) in [5.74, 6) is 0.903. The highest BCUT2D eigenvalue weighted by atomic mass is 32.2. The summed E-state index contributed by atoms with van der Waals surface area (Å²) in [6.45, 7) is 4.13. The molecule has 4 rings (SSSR count). The fourth-order valence-electron chi connectivity index (χ4n) is 3.25. The zero-order valence-corrected chi connectivity index (χ0v) is 17.8. The van der Waals surface area contributed by atoms with Crippen molar-refractivity contribution in [3.05, 3.63) is 84.2 Å². The van der Waals surface area contributed by atoms with Crippen molar-refractivity contribution in [3.8, 4) is 11.4 Å². The Morgan fingerprint density at radius 1 is 1.03 bits per heavy atom. The molecule has 0 aliphatic rings. The number of rotatable bonds is 7. The number of aromatic nitrogens is 4. The summed E-state index contributed by atoms with van der Waals surface area (Å²) in [7, 11) is 0. The van der Waals surface area contributed by atoms with Gasteiger partial charge in [-0.15, -0.1) is 10.2 Å². The van der Waals surface area contributed by atoms with Gasteiger partial charge in [-0.05, 0) is 43.2 Å². The van der Waals surface area contributed by atoms with E-state index in [4.69, 9.17) is 0 Å². The molecule has 7 heteroatoms. The number of aryl methyl sites for hydroxylation is 2. The summed E-state index contributed by atoms with van der Waals surface area (Å²) < 4.78 is 3.84. The van der Waals surface area contributed by atoms with Gasteiger partial charge in [-0.1, -0.05) is 60.6 Å². The number of nitrogens with zero attached hydrogens (tertiary/aromatic N) is 4. The molecule has 0 bridgehead atoms. The third-order valence-electron chi connectivity index (χ3n) is 4.71. The first-order chi connectivity index (χ1) is 14.7. The molecule has 30 heavy (non-hydrogen) atoms. The van der Waals surface area contributed by atoms with Gasteiger partial charge < -0.3 is 5.32 Å². The quantitative estimate of drug-likeness (QED) is 0.444. The number of anilines is 1. The number of carbonyl (C=O) groups excluding carboxylic acids is 1. The van der Waals surface area contributed by atoms with Gasteiger partial charge in [0.25, 0.3) is 0 Å². The second-order valence-electron chi connectivity index (χ2n) is 6.90. The lowest BCUT2D eigenvalue weighted by atomic mass is 10.1. The third-order valence-corrected chi connectivity index (χ3v) is 5.63. The molecule has 0 saturated carbocycles. The van der Waals surface area contributed by atoms with Crippen molar-refractivity contribution >= 4 is 23.4 Å². The Kier molecular flexibility index (Phi) is 5.99. The van der Waals surface area contributed by atoms with Crippen LogP contribution in [0.5, 0.6) is 0 Å². The first-order valence-corrected chi connectivity index (χ1v) is 10.8. The lowest BCUT2D eigenvalue weighted by Crippen LogP contribution is -2.16. The molecule has 2 heterocycles. The fourth-order valence-corrected chi connectivity index (χ4v) is 3.99. The topological polar surface area (TPSA) is 64.7 Å². The molecule has 1 amide bonds. The fraction of sp³-hybridized carbons (Fsp3) is 0.174. The van der Waals surface area contributed by atoms with Gasteiger partial charge in [0.1, 0.15) is 0 Å². The van der Waals surface area contributed by atoms with Crippen LogP contribution < -0.4 is 5.32 Å².